The number of allylic oxidation sites excluding steroid dienone is 15. The topological polar surface area (TPSA) is 228 Å². The molecule has 12 unspecified atom stereocenters. The molecule has 12 atom stereocenters. The smallest absolute Gasteiger partial charge is 0.220 e. The number of amides is 1. The van der Waals surface area contributed by atoms with Crippen molar-refractivity contribution >= 4 is 5.91 Å². The van der Waals surface area contributed by atoms with E-state index in [1.165, 1.54) is 89.9 Å². The summed E-state index contributed by atoms with van der Waals surface area (Å²) in [6.45, 7) is 2.67. The largest absolute Gasteiger partial charge is 0.394 e. The Morgan fingerprint density at radius 1 is 0.468 bits per heavy atom. The van der Waals surface area contributed by atoms with Gasteiger partial charge in [-0.15, -0.1) is 0 Å². The number of rotatable bonds is 48. The fraction of sp³-hybridized carbons (Fsp3) is 0.738. The summed E-state index contributed by atoms with van der Waals surface area (Å²) in [7, 11) is 0. The lowest BCUT2D eigenvalue weighted by atomic mass is 9.97. The summed E-state index contributed by atoms with van der Waals surface area (Å²) in [5.41, 5.74) is 0. The van der Waals surface area contributed by atoms with Gasteiger partial charge in [0.1, 0.15) is 48.8 Å². The predicted octanol–water partition coefficient (Wildman–Crippen LogP) is 11.1. The molecule has 0 aliphatic carbocycles. The van der Waals surface area contributed by atoms with Crippen molar-refractivity contribution in [1.82, 2.24) is 5.32 Å². The first-order valence-corrected chi connectivity index (χ1v) is 31.0. The molecule has 2 heterocycles. The molecule has 1 amide bonds. The van der Waals surface area contributed by atoms with Crippen molar-refractivity contribution < 1.29 is 64.6 Å². The maximum Gasteiger partial charge on any atom is 0.220 e. The third-order valence-electron chi connectivity index (χ3n) is 14.5. The van der Waals surface area contributed by atoms with Crippen LogP contribution in [-0.4, -0.2) is 140 Å². The van der Waals surface area contributed by atoms with E-state index in [4.69, 9.17) is 18.9 Å². The van der Waals surface area contributed by atoms with Crippen LogP contribution in [0.3, 0.4) is 0 Å². The van der Waals surface area contributed by atoms with Crippen LogP contribution in [0.4, 0.5) is 0 Å². The summed E-state index contributed by atoms with van der Waals surface area (Å²) in [5, 5.41) is 87.2. The molecule has 0 aromatic heterocycles. The van der Waals surface area contributed by atoms with Gasteiger partial charge in [0, 0.05) is 6.42 Å². The molecule has 79 heavy (non-hydrogen) atoms. The van der Waals surface area contributed by atoms with Crippen molar-refractivity contribution in [1.29, 1.82) is 0 Å². The fourth-order valence-corrected chi connectivity index (χ4v) is 9.56. The third kappa shape index (κ3) is 34.8. The average Bonchev–Trinajstić information content (AvgIpc) is 3.46. The SMILES string of the molecule is CC/C=C\C/C=C\C/C=C\C/C=C\C/C=C\C/C=C\C/C=C\CCCCCCCC(=O)NC(COC1OC(CO)C(OC2OC(CO)C(O)C(O)C2O)C(O)C1O)C(O)/C=C/CCCCCCCCCCCCCCCCCC. The Morgan fingerprint density at radius 2 is 0.873 bits per heavy atom. The van der Waals surface area contributed by atoms with Crippen LogP contribution in [0.5, 0.6) is 0 Å². The van der Waals surface area contributed by atoms with E-state index in [0.717, 1.165) is 96.3 Å². The van der Waals surface area contributed by atoms with E-state index < -0.39 is 86.8 Å². The maximum atomic E-state index is 13.3. The van der Waals surface area contributed by atoms with Crippen LogP contribution in [0.15, 0.2) is 97.2 Å². The minimum atomic E-state index is -1.79. The first-order valence-electron chi connectivity index (χ1n) is 31.0. The lowest BCUT2D eigenvalue weighted by molar-refractivity contribution is -0.359. The van der Waals surface area contributed by atoms with Gasteiger partial charge in [-0.25, -0.2) is 0 Å². The van der Waals surface area contributed by atoms with E-state index in [-0.39, 0.29) is 18.9 Å². The van der Waals surface area contributed by atoms with Gasteiger partial charge in [0.2, 0.25) is 5.91 Å². The molecule has 0 radical (unpaired) electrons. The first-order chi connectivity index (χ1) is 38.6. The molecule has 0 aromatic carbocycles. The monoisotopic (exact) mass is 1110 g/mol. The van der Waals surface area contributed by atoms with E-state index >= 15 is 0 Å². The van der Waals surface area contributed by atoms with Crippen LogP contribution in [0.2, 0.25) is 0 Å². The highest BCUT2D eigenvalue weighted by Gasteiger charge is 2.51. The molecule has 14 nitrogen and oxygen atoms in total. The van der Waals surface area contributed by atoms with Crippen LogP contribution in [0.1, 0.15) is 213 Å². The predicted molar refractivity (Wildman–Crippen MR) is 318 cm³/mol. The number of aliphatic hydroxyl groups is 8. The molecule has 454 valence electrons. The number of unbranched alkanes of at least 4 members (excludes halogenated alkanes) is 21. The Kier molecular flexibility index (Phi) is 45.1. The van der Waals surface area contributed by atoms with Gasteiger partial charge in [-0.2, -0.15) is 0 Å². The maximum absolute atomic E-state index is 13.3. The van der Waals surface area contributed by atoms with Gasteiger partial charge in [0.15, 0.2) is 12.6 Å². The second-order valence-electron chi connectivity index (χ2n) is 21.5. The summed E-state index contributed by atoms with van der Waals surface area (Å²) >= 11 is 0. The van der Waals surface area contributed by atoms with Gasteiger partial charge in [-0.05, 0) is 77.0 Å². The van der Waals surface area contributed by atoms with Crippen molar-refractivity contribution in [2.45, 2.75) is 286 Å². The number of hydrogen-bond donors (Lipinski definition) is 9. The van der Waals surface area contributed by atoms with Gasteiger partial charge >= 0.3 is 0 Å². The molecule has 0 saturated carbocycles. The molecule has 2 rings (SSSR count). The van der Waals surface area contributed by atoms with Crippen LogP contribution >= 0.6 is 0 Å². The standard InChI is InChI=1S/C65H111NO13/c1-3-5-7-9-11-13-15-17-19-21-23-24-25-26-27-28-29-30-31-33-35-37-39-41-43-45-47-49-57(70)66-53(54(69)48-46-44-42-40-38-36-34-32-22-20-18-16-14-12-10-8-6-4-2)52-76-64-62(75)60(73)63(56(51-68)78-64)79-65-61(74)59(72)58(71)55(50-67)77-65/h5,7,11,13,17,19,23-24,26-27,29-30,33,35,46,48,53-56,58-65,67-69,71-75H,3-4,6,8-10,12,14-16,18,20-22,25,28,31-32,34,36-45,47,49-52H2,1-2H3,(H,66,70)/b7-5-,13-11-,19-17-,24-23-,27-26-,30-29-,35-33-,48-46+. The molecule has 9 N–H and O–H groups in total. The summed E-state index contributed by atoms with van der Waals surface area (Å²) in [5.74, 6) is -0.262. The first kappa shape index (κ1) is 72.0. The second-order valence-corrected chi connectivity index (χ2v) is 21.5. The minimum Gasteiger partial charge on any atom is -0.394 e. The molecule has 14 heteroatoms. The van der Waals surface area contributed by atoms with E-state index in [9.17, 15) is 45.6 Å². The van der Waals surface area contributed by atoms with Crippen molar-refractivity contribution in [3.05, 3.63) is 97.2 Å². The van der Waals surface area contributed by atoms with Crippen molar-refractivity contribution in [2.75, 3.05) is 19.8 Å². The molecular weight excluding hydrogens is 1000 g/mol. The van der Waals surface area contributed by atoms with E-state index in [0.29, 0.717) is 6.42 Å². The number of ether oxygens (including phenoxy) is 4. The Balaban J connectivity index is 1.76. The highest BCUT2D eigenvalue weighted by atomic mass is 16.7. The number of aliphatic hydroxyl groups excluding tert-OH is 8. The Labute approximate surface area is 477 Å². The number of hydrogen-bond acceptors (Lipinski definition) is 13. The summed E-state index contributed by atoms with van der Waals surface area (Å²) < 4.78 is 22.8. The van der Waals surface area contributed by atoms with E-state index in [2.05, 4.69) is 104 Å². The highest BCUT2D eigenvalue weighted by Crippen LogP contribution is 2.30. The van der Waals surface area contributed by atoms with E-state index in [1.807, 2.05) is 6.08 Å². The van der Waals surface area contributed by atoms with Crippen molar-refractivity contribution in [2.24, 2.45) is 0 Å². The van der Waals surface area contributed by atoms with Gasteiger partial charge in [-0.1, -0.05) is 227 Å². The summed E-state index contributed by atoms with van der Waals surface area (Å²) in [4.78, 5) is 13.3. The second kappa shape index (κ2) is 49.5. The van der Waals surface area contributed by atoms with Crippen LogP contribution < -0.4 is 5.32 Å². The van der Waals surface area contributed by atoms with Gasteiger partial charge in [-0.3, -0.25) is 4.79 Å². The van der Waals surface area contributed by atoms with E-state index in [1.54, 1.807) is 6.08 Å². The van der Waals surface area contributed by atoms with Gasteiger partial charge in [0.25, 0.3) is 0 Å². The molecule has 0 bridgehead atoms. The highest BCUT2D eigenvalue weighted by molar-refractivity contribution is 5.76. The lowest BCUT2D eigenvalue weighted by Gasteiger charge is -2.46. The Hall–Kier alpha value is -3.09. The third-order valence-corrected chi connectivity index (χ3v) is 14.5. The average molecular weight is 1110 g/mol. The zero-order valence-electron chi connectivity index (χ0n) is 48.8. The summed E-state index contributed by atoms with van der Waals surface area (Å²) in [6, 6.07) is -0.933. The molecule has 0 spiro atoms. The number of carbonyl (C=O) groups is 1. The van der Waals surface area contributed by atoms with Gasteiger partial charge < -0.3 is 65.1 Å². The van der Waals surface area contributed by atoms with Crippen molar-refractivity contribution in [3.8, 4) is 0 Å². The van der Waals surface area contributed by atoms with Gasteiger partial charge in [0.05, 0.1) is 32.0 Å². The molecule has 2 aliphatic heterocycles. The fourth-order valence-electron chi connectivity index (χ4n) is 9.56. The molecule has 2 aliphatic rings. The zero-order chi connectivity index (χ0) is 57.4. The summed E-state index contributed by atoms with van der Waals surface area (Å²) in [6.07, 6.45) is 51.5. The molecule has 2 fully saturated rings. The van der Waals surface area contributed by atoms with Crippen LogP contribution in [-0.2, 0) is 23.7 Å². The Morgan fingerprint density at radius 3 is 1.34 bits per heavy atom. The quantitative estimate of drug-likeness (QED) is 0.0204. The van der Waals surface area contributed by atoms with Crippen LogP contribution in [0.25, 0.3) is 0 Å². The zero-order valence-corrected chi connectivity index (χ0v) is 48.8. The lowest BCUT2D eigenvalue weighted by Crippen LogP contribution is -2.65. The molecular formula is C65H111NO13. The van der Waals surface area contributed by atoms with Crippen LogP contribution in [0, 0.1) is 0 Å². The molecule has 2 saturated heterocycles. The minimum absolute atomic E-state index is 0.253. The van der Waals surface area contributed by atoms with Crippen molar-refractivity contribution in [3.63, 3.8) is 0 Å². The Bertz CT molecular complexity index is 1690. The number of carbonyl (C=O) groups excluding carboxylic acids is 1. The molecule has 0 aromatic rings. The normalized spacial score (nSPS) is 25.1. The number of nitrogens with one attached hydrogen (secondary N) is 1.